The minimum Gasteiger partial charge on any atom is -0.490 e. The van der Waals surface area contributed by atoms with Gasteiger partial charge in [0.15, 0.2) is 5.78 Å². The van der Waals surface area contributed by atoms with Crippen LogP contribution in [0, 0.1) is 0 Å². The van der Waals surface area contributed by atoms with Crippen LogP contribution in [0.3, 0.4) is 0 Å². The van der Waals surface area contributed by atoms with Gasteiger partial charge in [0, 0.05) is 26.4 Å². The molecule has 2 rings (SSSR count). The zero-order chi connectivity index (χ0) is 20.4. The van der Waals surface area contributed by atoms with Gasteiger partial charge in [-0.2, -0.15) is 0 Å². The molecule has 0 bridgehead atoms. The number of carbonyl (C=O) groups excluding carboxylic acids is 2. The van der Waals surface area contributed by atoms with Crippen molar-refractivity contribution in [2.45, 2.75) is 39.2 Å². The van der Waals surface area contributed by atoms with Gasteiger partial charge in [-0.05, 0) is 30.5 Å². The van der Waals surface area contributed by atoms with E-state index in [1.807, 2.05) is 37.3 Å². The molecular weight excluding hydrogens is 354 g/mol. The maximum atomic E-state index is 12.6. The largest absolute Gasteiger partial charge is 0.490 e. The molecule has 150 valence electrons. The predicted molar refractivity (Wildman–Crippen MR) is 110 cm³/mol. The van der Waals surface area contributed by atoms with Gasteiger partial charge >= 0.3 is 0 Å². The molecule has 0 aliphatic rings. The first kappa shape index (κ1) is 21.6. The maximum Gasteiger partial charge on any atom is 0.219 e. The fourth-order valence-corrected chi connectivity index (χ4v) is 3.00. The number of aliphatic hydroxyl groups excluding tert-OH is 1. The molecule has 5 heteroatoms. The standard InChI is InChI=1S/C23H29NO4/c1-3-15-24(18(2)25)16-20(26)17-28-23-12-8-7-11-21(23)22(27)14-13-19-9-5-4-6-10-19/h4-12,20,26H,3,13-17H2,1-2H3. The third-order valence-corrected chi connectivity index (χ3v) is 4.47. The maximum absolute atomic E-state index is 12.6. The van der Waals surface area contributed by atoms with Gasteiger partial charge in [-0.3, -0.25) is 9.59 Å². The van der Waals surface area contributed by atoms with Gasteiger partial charge in [0.05, 0.1) is 5.56 Å². The number of hydrogen-bond donors (Lipinski definition) is 1. The summed E-state index contributed by atoms with van der Waals surface area (Å²) >= 11 is 0. The molecule has 0 aliphatic heterocycles. The van der Waals surface area contributed by atoms with Crippen molar-refractivity contribution < 1.29 is 19.4 Å². The number of ketones is 1. The lowest BCUT2D eigenvalue weighted by Gasteiger charge is -2.23. The smallest absolute Gasteiger partial charge is 0.219 e. The molecule has 0 aromatic heterocycles. The highest BCUT2D eigenvalue weighted by Gasteiger charge is 2.16. The first-order valence-electron chi connectivity index (χ1n) is 9.73. The molecule has 1 amide bonds. The van der Waals surface area contributed by atoms with Gasteiger partial charge < -0.3 is 14.7 Å². The molecular formula is C23H29NO4. The third kappa shape index (κ3) is 6.82. The predicted octanol–water partition coefficient (Wildman–Crippen LogP) is 3.50. The van der Waals surface area contributed by atoms with Crippen molar-refractivity contribution in [3.63, 3.8) is 0 Å². The number of Topliss-reactive ketones (excluding diaryl/α,β-unsaturated/α-hetero) is 1. The van der Waals surface area contributed by atoms with Crippen LogP contribution in [0.4, 0.5) is 0 Å². The van der Waals surface area contributed by atoms with E-state index >= 15 is 0 Å². The van der Waals surface area contributed by atoms with Gasteiger partial charge in [-0.15, -0.1) is 0 Å². The van der Waals surface area contributed by atoms with Gasteiger partial charge in [-0.25, -0.2) is 0 Å². The molecule has 0 spiro atoms. The summed E-state index contributed by atoms with van der Waals surface area (Å²) in [4.78, 5) is 25.8. The van der Waals surface area contributed by atoms with E-state index in [0.29, 0.717) is 30.7 Å². The van der Waals surface area contributed by atoms with Crippen LogP contribution in [0.1, 0.15) is 42.6 Å². The van der Waals surface area contributed by atoms with Crippen molar-refractivity contribution >= 4 is 11.7 Å². The fraction of sp³-hybridized carbons (Fsp3) is 0.391. The third-order valence-electron chi connectivity index (χ3n) is 4.47. The van der Waals surface area contributed by atoms with Crippen LogP contribution in [-0.4, -0.2) is 47.5 Å². The fourth-order valence-electron chi connectivity index (χ4n) is 3.00. The minimum absolute atomic E-state index is 0.00490. The van der Waals surface area contributed by atoms with Gasteiger partial charge in [0.2, 0.25) is 5.91 Å². The Morgan fingerprint density at radius 2 is 1.75 bits per heavy atom. The van der Waals surface area contributed by atoms with Crippen LogP contribution in [0.15, 0.2) is 54.6 Å². The topological polar surface area (TPSA) is 66.8 Å². The number of rotatable bonds is 11. The number of ether oxygens (including phenoxy) is 1. The van der Waals surface area contributed by atoms with Crippen molar-refractivity contribution in [3.8, 4) is 5.75 Å². The normalized spacial score (nSPS) is 11.7. The summed E-state index contributed by atoms with van der Waals surface area (Å²) in [6.07, 6.45) is 1.07. The second kappa shape index (κ2) is 11.2. The van der Waals surface area contributed by atoms with Gasteiger partial charge in [0.25, 0.3) is 0 Å². The number of hydrogen-bond acceptors (Lipinski definition) is 4. The average Bonchev–Trinajstić information content (AvgIpc) is 2.71. The van der Waals surface area contributed by atoms with E-state index in [1.54, 1.807) is 29.2 Å². The number of aryl methyl sites for hydroxylation is 1. The van der Waals surface area contributed by atoms with E-state index < -0.39 is 6.10 Å². The number of para-hydroxylation sites is 1. The Hall–Kier alpha value is -2.66. The van der Waals surface area contributed by atoms with E-state index in [9.17, 15) is 14.7 Å². The summed E-state index contributed by atoms with van der Waals surface area (Å²) in [6.45, 7) is 4.31. The second-order valence-electron chi connectivity index (χ2n) is 6.83. The van der Waals surface area contributed by atoms with E-state index in [2.05, 4.69) is 0 Å². The zero-order valence-corrected chi connectivity index (χ0v) is 16.6. The highest BCUT2D eigenvalue weighted by Crippen LogP contribution is 2.21. The monoisotopic (exact) mass is 383 g/mol. The first-order chi connectivity index (χ1) is 13.5. The Balaban J connectivity index is 1.93. The van der Waals surface area contributed by atoms with E-state index in [4.69, 9.17) is 4.74 Å². The van der Waals surface area contributed by atoms with Gasteiger partial charge in [0.1, 0.15) is 18.5 Å². The van der Waals surface area contributed by atoms with Crippen LogP contribution >= 0.6 is 0 Å². The molecule has 0 saturated carbocycles. The minimum atomic E-state index is -0.817. The molecule has 1 atom stereocenters. The number of aliphatic hydroxyl groups is 1. The quantitative estimate of drug-likeness (QED) is 0.603. The van der Waals surface area contributed by atoms with Crippen LogP contribution in [0.5, 0.6) is 5.75 Å². The lowest BCUT2D eigenvalue weighted by atomic mass is 10.0. The second-order valence-corrected chi connectivity index (χ2v) is 6.83. The average molecular weight is 383 g/mol. The van der Waals surface area contributed by atoms with Crippen molar-refractivity contribution in [1.82, 2.24) is 4.90 Å². The summed E-state index contributed by atoms with van der Waals surface area (Å²) < 4.78 is 5.72. The van der Waals surface area contributed by atoms with Crippen LogP contribution in [0.25, 0.3) is 0 Å². The lowest BCUT2D eigenvalue weighted by Crippen LogP contribution is -2.39. The zero-order valence-electron chi connectivity index (χ0n) is 16.6. The highest BCUT2D eigenvalue weighted by molar-refractivity contribution is 5.98. The van der Waals surface area contributed by atoms with Crippen molar-refractivity contribution in [1.29, 1.82) is 0 Å². The molecule has 0 aliphatic carbocycles. The van der Waals surface area contributed by atoms with Gasteiger partial charge in [-0.1, -0.05) is 49.4 Å². The molecule has 1 unspecified atom stereocenters. The summed E-state index contributed by atoms with van der Waals surface area (Å²) in [6, 6.07) is 17.0. The molecule has 0 saturated heterocycles. The summed E-state index contributed by atoms with van der Waals surface area (Å²) in [5.41, 5.74) is 1.63. The number of nitrogens with zero attached hydrogens (tertiary/aromatic N) is 1. The molecule has 2 aromatic carbocycles. The molecule has 1 N–H and O–H groups in total. The molecule has 0 heterocycles. The number of carbonyl (C=O) groups is 2. The van der Waals surface area contributed by atoms with Crippen LogP contribution in [-0.2, 0) is 11.2 Å². The van der Waals surface area contributed by atoms with Crippen molar-refractivity contribution in [3.05, 3.63) is 65.7 Å². The molecule has 0 fully saturated rings. The van der Waals surface area contributed by atoms with Crippen molar-refractivity contribution in [2.24, 2.45) is 0 Å². The molecule has 0 radical (unpaired) electrons. The summed E-state index contributed by atoms with van der Waals surface area (Å²) in [5.74, 6) is 0.396. The highest BCUT2D eigenvalue weighted by atomic mass is 16.5. The summed E-state index contributed by atoms with van der Waals surface area (Å²) in [7, 11) is 0. The number of amides is 1. The Morgan fingerprint density at radius 1 is 1.07 bits per heavy atom. The first-order valence-corrected chi connectivity index (χ1v) is 9.73. The van der Waals surface area contributed by atoms with E-state index in [0.717, 1.165) is 12.0 Å². The van der Waals surface area contributed by atoms with E-state index in [1.165, 1.54) is 6.92 Å². The molecule has 5 nitrogen and oxygen atoms in total. The Kier molecular flexibility index (Phi) is 8.69. The lowest BCUT2D eigenvalue weighted by molar-refractivity contribution is -0.130. The number of benzene rings is 2. The Bertz CT molecular complexity index is 760. The van der Waals surface area contributed by atoms with Crippen LogP contribution in [0.2, 0.25) is 0 Å². The SMILES string of the molecule is CCCN(CC(O)COc1ccccc1C(=O)CCc1ccccc1)C(C)=O. The molecule has 28 heavy (non-hydrogen) atoms. The summed E-state index contributed by atoms with van der Waals surface area (Å²) in [5, 5.41) is 10.2. The molecule has 2 aromatic rings. The Labute approximate surface area is 166 Å². The van der Waals surface area contributed by atoms with E-state index in [-0.39, 0.29) is 24.8 Å². The van der Waals surface area contributed by atoms with Crippen LogP contribution < -0.4 is 4.74 Å². The van der Waals surface area contributed by atoms with Crippen molar-refractivity contribution in [2.75, 3.05) is 19.7 Å². The Morgan fingerprint density at radius 3 is 2.43 bits per heavy atom.